The number of halogens is 1. The van der Waals surface area contributed by atoms with E-state index in [4.69, 9.17) is 4.74 Å². The molecule has 0 radical (unpaired) electrons. The van der Waals surface area contributed by atoms with Gasteiger partial charge in [0.05, 0.1) is 10.5 Å². The average Bonchev–Trinajstić information content (AvgIpc) is 2.66. The van der Waals surface area contributed by atoms with E-state index in [1.54, 1.807) is 18.7 Å². The van der Waals surface area contributed by atoms with Crippen LogP contribution in [0.4, 0.5) is 4.39 Å². The Hall–Kier alpha value is -2.00. The zero-order chi connectivity index (χ0) is 21.8. The standard InChI is InChI=1S/C20H29FN2O5S/c1-5-22(6-2)29(26,27)16-10-11-18(21)17(12-16)20(25)28-13-19(24)23-14(3)8-7-9-15(23)4/h10-12,14-15H,5-9,13H2,1-4H3/t14-,15-/m0/s1. The van der Waals surface area contributed by atoms with E-state index in [9.17, 15) is 22.4 Å². The fourth-order valence-corrected chi connectivity index (χ4v) is 5.21. The third-order valence-electron chi connectivity index (χ3n) is 5.31. The molecule has 1 fully saturated rings. The van der Waals surface area contributed by atoms with Crippen molar-refractivity contribution in [1.29, 1.82) is 0 Å². The van der Waals surface area contributed by atoms with Gasteiger partial charge >= 0.3 is 5.97 Å². The molecule has 2 atom stereocenters. The predicted molar refractivity (Wildman–Crippen MR) is 106 cm³/mol. The van der Waals surface area contributed by atoms with Crippen LogP contribution in [0.2, 0.25) is 0 Å². The van der Waals surface area contributed by atoms with Gasteiger partial charge in [0.25, 0.3) is 5.91 Å². The van der Waals surface area contributed by atoms with Crippen LogP contribution >= 0.6 is 0 Å². The highest BCUT2D eigenvalue weighted by molar-refractivity contribution is 7.89. The molecule has 0 N–H and O–H groups in total. The maximum atomic E-state index is 14.2. The minimum absolute atomic E-state index is 0.0456. The van der Waals surface area contributed by atoms with Crippen molar-refractivity contribution in [3.05, 3.63) is 29.6 Å². The lowest BCUT2D eigenvalue weighted by Gasteiger charge is -2.38. The number of carbonyl (C=O) groups excluding carboxylic acids is 2. The van der Waals surface area contributed by atoms with Gasteiger partial charge in [0.15, 0.2) is 6.61 Å². The largest absolute Gasteiger partial charge is 0.452 e. The van der Waals surface area contributed by atoms with E-state index < -0.39 is 34.0 Å². The summed E-state index contributed by atoms with van der Waals surface area (Å²) in [4.78, 5) is 26.3. The third-order valence-corrected chi connectivity index (χ3v) is 7.36. The summed E-state index contributed by atoms with van der Waals surface area (Å²) in [6.07, 6.45) is 2.79. The zero-order valence-corrected chi connectivity index (χ0v) is 18.2. The molecule has 1 amide bonds. The highest BCUT2D eigenvalue weighted by Crippen LogP contribution is 2.23. The lowest BCUT2D eigenvalue weighted by Crippen LogP contribution is -2.49. The molecule has 2 rings (SSSR count). The van der Waals surface area contributed by atoms with Crippen LogP contribution in [0.1, 0.15) is 57.3 Å². The molecule has 1 saturated heterocycles. The molecule has 9 heteroatoms. The highest BCUT2D eigenvalue weighted by atomic mass is 32.2. The number of carbonyl (C=O) groups is 2. The summed E-state index contributed by atoms with van der Waals surface area (Å²) in [7, 11) is -3.85. The zero-order valence-electron chi connectivity index (χ0n) is 17.4. The normalized spacial score (nSPS) is 20.0. The van der Waals surface area contributed by atoms with Gasteiger partial charge in [-0.05, 0) is 51.3 Å². The molecule has 1 aromatic rings. The first kappa shape index (κ1) is 23.3. The Bertz CT molecular complexity index is 844. The number of esters is 1. The van der Waals surface area contributed by atoms with E-state index in [-0.39, 0.29) is 36.0 Å². The maximum absolute atomic E-state index is 14.2. The fourth-order valence-electron chi connectivity index (χ4n) is 3.73. The Morgan fingerprint density at radius 2 is 1.76 bits per heavy atom. The molecule has 162 valence electrons. The van der Waals surface area contributed by atoms with E-state index in [2.05, 4.69) is 0 Å². The average molecular weight is 429 g/mol. The Labute approximate surface area is 171 Å². The number of nitrogens with zero attached hydrogens (tertiary/aromatic N) is 2. The van der Waals surface area contributed by atoms with Crippen LogP contribution in [-0.4, -0.2) is 61.3 Å². The minimum Gasteiger partial charge on any atom is -0.452 e. The number of likely N-dealkylation sites (tertiary alicyclic amines) is 1. The number of amides is 1. The number of hydrogen-bond acceptors (Lipinski definition) is 5. The molecule has 29 heavy (non-hydrogen) atoms. The van der Waals surface area contributed by atoms with Crippen molar-refractivity contribution in [3.63, 3.8) is 0 Å². The summed E-state index contributed by atoms with van der Waals surface area (Å²) in [5, 5.41) is 0. The van der Waals surface area contributed by atoms with Gasteiger partial charge in [-0.25, -0.2) is 17.6 Å². The van der Waals surface area contributed by atoms with E-state index in [0.717, 1.165) is 37.5 Å². The number of piperidine rings is 1. The Morgan fingerprint density at radius 1 is 1.17 bits per heavy atom. The molecular formula is C20H29FN2O5S. The fraction of sp³-hybridized carbons (Fsp3) is 0.600. The van der Waals surface area contributed by atoms with Crippen LogP contribution in [0.3, 0.4) is 0 Å². The highest BCUT2D eigenvalue weighted by Gasteiger charge is 2.30. The second-order valence-corrected chi connectivity index (χ2v) is 9.18. The number of sulfonamides is 1. The predicted octanol–water partition coefficient (Wildman–Crippen LogP) is 2.80. The van der Waals surface area contributed by atoms with Crippen molar-refractivity contribution in [2.24, 2.45) is 0 Å². The molecule has 0 aromatic heterocycles. The number of benzene rings is 1. The number of hydrogen-bond donors (Lipinski definition) is 0. The van der Waals surface area contributed by atoms with E-state index in [0.29, 0.717) is 0 Å². The first-order valence-electron chi connectivity index (χ1n) is 9.91. The van der Waals surface area contributed by atoms with Gasteiger partial charge in [0.2, 0.25) is 10.0 Å². The molecule has 0 aliphatic carbocycles. The van der Waals surface area contributed by atoms with Gasteiger partial charge < -0.3 is 9.64 Å². The third kappa shape index (κ3) is 5.14. The summed E-state index contributed by atoms with van der Waals surface area (Å²) in [5.74, 6) is -2.31. The maximum Gasteiger partial charge on any atom is 0.341 e. The van der Waals surface area contributed by atoms with Gasteiger partial charge in [-0.2, -0.15) is 4.31 Å². The van der Waals surface area contributed by atoms with Crippen molar-refractivity contribution < 1.29 is 27.1 Å². The van der Waals surface area contributed by atoms with Crippen molar-refractivity contribution in [1.82, 2.24) is 9.21 Å². The summed E-state index contributed by atoms with van der Waals surface area (Å²) >= 11 is 0. The molecule has 1 aromatic carbocycles. The molecule has 1 aliphatic heterocycles. The van der Waals surface area contributed by atoms with E-state index >= 15 is 0 Å². The molecule has 0 unspecified atom stereocenters. The second kappa shape index (κ2) is 9.67. The summed E-state index contributed by atoms with van der Waals surface area (Å²) in [6, 6.07) is 3.08. The quantitative estimate of drug-likeness (QED) is 0.624. The Balaban J connectivity index is 2.16. The van der Waals surface area contributed by atoms with Crippen LogP contribution in [-0.2, 0) is 19.6 Å². The van der Waals surface area contributed by atoms with Crippen LogP contribution in [0.15, 0.2) is 23.1 Å². The van der Waals surface area contributed by atoms with Crippen LogP contribution < -0.4 is 0 Å². The molecule has 1 aliphatic rings. The van der Waals surface area contributed by atoms with Gasteiger partial charge in [0.1, 0.15) is 5.82 Å². The minimum atomic E-state index is -3.85. The summed E-state index contributed by atoms with van der Waals surface area (Å²) < 4.78 is 45.6. The Morgan fingerprint density at radius 3 is 2.31 bits per heavy atom. The van der Waals surface area contributed by atoms with E-state index in [1.807, 2.05) is 13.8 Å². The van der Waals surface area contributed by atoms with Crippen LogP contribution in [0, 0.1) is 5.82 Å². The molecule has 0 bridgehead atoms. The van der Waals surface area contributed by atoms with Crippen LogP contribution in [0.25, 0.3) is 0 Å². The van der Waals surface area contributed by atoms with Crippen molar-refractivity contribution in [2.45, 2.75) is 63.9 Å². The molecule has 0 saturated carbocycles. The molecule has 0 spiro atoms. The topological polar surface area (TPSA) is 84.0 Å². The smallest absolute Gasteiger partial charge is 0.341 e. The van der Waals surface area contributed by atoms with Crippen molar-refractivity contribution in [2.75, 3.05) is 19.7 Å². The van der Waals surface area contributed by atoms with Gasteiger partial charge in [0, 0.05) is 25.2 Å². The Kier molecular flexibility index (Phi) is 7.76. The van der Waals surface area contributed by atoms with E-state index in [1.165, 1.54) is 4.31 Å². The SMILES string of the molecule is CCN(CC)S(=O)(=O)c1ccc(F)c(C(=O)OCC(=O)N2[C@@H](C)CCC[C@@H]2C)c1. The summed E-state index contributed by atoms with van der Waals surface area (Å²) in [6.45, 7) is 7.24. The van der Waals surface area contributed by atoms with Crippen molar-refractivity contribution >= 4 is 21.9 Å². The monoisotopic (exact) mass is 428 g/mol. The lowest BCUT2D eigenvalue weighted by molar-refractivity contribution is -0.140. The molecule has 7 nitrogen and oxygen atoms in total. The second-order valence-electron chi connectivity index (χ2n) is 7.24. The number of ether oxygens (including phenoxy) is 1. The van der Waals surface area contributed by atoms with Crippen molar-refractivity contribution in [3.8, 4) is 0 Å². The van der Waals surface area contributed by atoms with Gasteiger partial charge in [-0.1, -0.05) is 13.8 Å². The molecule has 1 heterocycles. The van der Waals surface area contributed by atoms with Gasteiger partial charge in [-0.15, -0.1) is 0 Å². The first-order chi connectivity index (χ1) is 13.6. The first-order valence-corrected chi connectivity index (χ1v) is 11.3. The number of rotatable bonds is 7. The molecular weight excluding hydrogens is 399 g/mol. The van der Waals surface area contributed by atoms with Crippen LogP contribution in [0.5, 0.6) is 0 Å². The lowest BCUT2D eigenvalue weighted by atomic mass is 9.97. The van der Waals surface area contributed by atoms with Gasteiger partial charge in [-0.3, -0.25) is 4.79 Å². The summed E-state index contributed by atoms with van der Waals surface area (Å²) in [5.41, 5.74) is -0.509.